The first-order chi connectivity index (χ1) is 13.0. The quantitative estimate of drug-likeness (QED) is 0.848. The van der Waals surface area contributed by atoms with Gasteiger partial charge in [-0.3, -0.25) is 9.48 Å². The van der Waals surface area contributed by atoms with Crippen molar-refractivity contribution in [3.05, 3.63) is 52.8 Å². The summed E-state index contributed by atoms with van der Waals surface area (Å²) in [6.07, 6.45) is 5.34. The van der Waals surface area contributed by atoms with Crippen LogP contribution in [0, 0.1) is 6.92 Å². The molecular weight excluding hydrogens is 342 g/mol. The number of aromatic nitrogens is 2. The summed E-state index contributed by atoms with van der Waals surface area (Å²) in [5.74, 6) is -0.755. The highest BCUT2D eigenvalue weighted by atomic mass is 16.4. The average molecular weight is 369 g/mol. The van der Waals surface area contributed by atoms with E-state index in [4.69, 9.17) is 5.11 Å². The highest BCUT2D eigenvalue weighted by molar-refractivity contribution is 5.88. The average Bonchev–Trinajstić information content (AvgIpc) is 3.08. The van der Waals surface area contributed by atoms with Gasteiger partial charge in [0.05, 0.1) is 17.9 Å². The number of hydrogen-bond acceptors (Lipinski definition) is 3. The first-order valence-corrected chi connectivity index (χ1v) is 9.62. The molecule has 1 N–H and O–H groups in total. The molecule has 2 aromatic rings. The number of amides is 1. The van der Waals surface area contributed by atoms with E-state index in [1.54, 1.807) is 11.6 Å². The SMILES string of the molecule is CCc1ccc(CCC(=O)N2CCC(n3ncc(C(=O)O)c3C)CC2)cc1. The maximum absolute atomic E-state index is 12.5. The maximum Gasteiger partial charge on any atom is 0.339 e. The molecule has 6 heteroatoms. The van der Waals surface area contributed by atoms with Crippen molar-refractivity contribution in [1.29, 1.82) is 0 Å². The van der Waals surface area contributed by atoms with E-state index < -0.39 is 5.97 Å². The summed E-state index contributed by atoms with van der Waals surface area (Å²) in [6, 6.07) is 8.63. The molecule has 1 aromatic carbocycles. The summed E-state index contributed by atoms with van der Waals surface area (Å²) in [4.78, 5) is 25.6. The fourth-order valence-electron chi connectivity index (χ4n) is 3.71. The number of carbonyl (C=O) groups is 2. The van der Waals surface area contributed by atoms with Crippen LogP contribution in [0.3, 0.4) is 0 Å². The minimum absolute atomic E-state index is 0.156. The van der Waals surface area contributed by atoms with Crippen molar-refractivity contribution in [1.82, 2.24) is 14.7 Å². The highest BCUT2D eigenvalue weighted by Gasteiger charge is 2.26. The molecule has 1 aliphatic rings. The van der Waals surface area contributed by atoms with Gasteiger partial charge in [-0.2, -0.15) is 5.10 Å². The van der Waals surface area contributed by atoms with Crippen molar-refractivity contribution in [2.75, 3.05) is 13.1 Å². The maximum atomic E-state index is 12.5. The van der Waals surface area contributed by atoms with Crippen LogP contribution in [0.5, 0.6) is 0 Å². The van der Waals surface area contributed by atoms with E-state index >= 15 is 0 Å². The van der Waals surface area contributed by atoms with Gasteiger partial charge in [0.1, 0.15) is 5.56 Å². The molecule has 1 fully saturated rings. The number of carboxylic acid groups (broad SMARTS) is 1. The van der Waals surface area contributed by atoms with E-state index in [2.05, 4.69) is 36.3 Å². The number of piperidine rings is 1. The molecule has 0 atom stereocenters. The third-order valence-electron chi connectivity index (χ3n) is 5.50. The molecule has 2 heterocycles. The molecule has 6 nitrogen and oxygen atoms in total. The molecule has 0 radical (unpaired) electrons. The molecule has 1 saturated heterocycles. The van der Waals surface area contributed by atoms with Gasteiger partial charge >= 0.3 is 5.97 Å². The highest BCUT2D eigenvalue weighted by Crippen LogP contribution is 2.25. The summed E-state index contributed by atoms with van der Waals surface area (Å²) < 4.78 is 1.81. The molecule has 0 aliphatic carbocycles. The predicted octanol–water partition coefficient (Wildman–Crippen LogP) is 3.25. The van der Waals surface area contributed by atoms with E-state index in [-0.39, 0.29) is 17.5 Å². The van der Waals surface area contributed by atoms with Crippen molar-refractivity contribution >= 4 is 11.9 Å². The Morgan fingerprint density at radius 3 is 2.33 bits per heavy atom. The smallest absolute Gasteiger partial charge is 0.339 e. The second-order valence-corrected chi connectivity index (χ2v) is 7.18. The Morgan fingerprint density at radius 1 is 1.15 bits per heavy atom. The van der Waals surface area contributed by atoms with Crippen LogP contribution in [0.25, 0.3) is 0 Å². The molecule has 3 rings (SSSR count). The van der Waals surface area contributed by atoms with Crippen molar-refractivity contribution in [3.63, 3.8) is 0 Å². The molecule has 27 heavy (non-hydrogen) atoms. The monoisotopic (exact) mass is 369 g/mol. The summed E-state index contributed by atoms with van der Waals surface area (Å²) >= 11 is 0. The van der Waals surface area contributed by atoms with Gasteiger partial charge in [0.15, 0.2) is 0 Å². The predicted molar refractivity (Wildman–Crippen MR) is 103 cm³/mol. The van der Waals surface area contributed by atoms with Crippen molar-refractivity contribution in [3.8, 4) is 0 Å². The molecule has 144 valence electrons. The van der Waals surface area contributed by atoms with Crippen LogP contribution in [0.2, 0.25) is 0 Å². The molecular formula is C21H27N3O3. The Kier molecular flexibility index (Phi) is 5.94. The van der Waals surface area contributed by atoms with Gasteiger partial charge in [-0.1, -0.05) is 31.2 Å². The molecule has 0 saturated carbocycles. The second-order valence-electron chi connectivity index (χ2n) is 7.18. The van der Waals surface area contributed by atoms with Crippen LogP contribution >= 0.6 is 0 Å². The Labute approximate surface area is 159 Å². The van der Waals surface area contributed by atoms with Gasteiger partial charge in [-0.25, -0.2) is 4.79 Å². The number of nitrogens with zero attached hydrogens (tertiary/aromatic N) is 3. The topological polar surface area (TPSA) is 75.4 Å². The zero-order valence-electron chi connectivity index (χ0n) is 16.0. The minimum atomic E-state index is -0.946. The summed E-state index contributed by atoms with van der Waals surface area (Å²) in [5, 5.41) is 13.4. The molecule has 1 aliphatic heterocycles. The van der Waals surface area contributed by atoms with Crippen LogP contribution in [-0.2, 0) is 17.6 Å². The van der Waals surface area contributed by atoms with E-state index in [9.17, 15) is 9.59 Å². The standard InChI is InChI=1S/C21H27N3O3/c1-3-16-4-6-17(7-5-16)8-9-20(25)23-12-10-18(11-13-23)24-15(2)19(14-22-24)21(26)27/h4-7,14,18H,3,8-13H2,1-2H3,(H,26,27). The number of benzene rings is 1. The Balaban J connectivity index is 1.51. The zero-order chi connectivity index (χ0) is 19.4. The molecule has 0 spiro atoms. The van der Waals surface area contributed by atoms with Crippen LogP contribution < -0.4 is 0 Å². The van der Waals surface area contributed by atoms with Gasteiger partial charge < -0.3 is 10.0 Å². The number of rotatable bonds is 6. The van der Waals surface area contributed by atoms with Gasteiger partial charge in [0.25, 0.3) is 0 Å². The first kappa shape index (κ1) is 19.1. The van der Waals surface area contributed by atoms with Gasteiger partial charge in [0, 0.05) is 19.5 Å². The number of carbonyl (C=O) groups excluding carboxylic acids is 1. The van der Waals surface area contributed by atoms with Crippen LogP contribution in [0.4, 0.5) is 0 Å². The summed E-state index contributed by atoms with van der Waals surface area (Å²) in [6.45, 7) is 5.31. The number of likely N-dealkylation sites (tertiary alicyclic amines) is 1. The largest absolute Gasteiger partial charge is 0.478 e. The lowest BCUT2D eigenvalue weighted by molar-refractivity contribution is -0.132. The Hall–Kier alpha value is -2.63. The van der Waals surface area contributed by atoms with E-state index in [0.29, 0.717) is 25.2 Å². The lowest BCUT2D eigenvalue weighted by atomic mass is 10.0. The normalized spacial score (nSPS) is 15.1. The third-order valence-corrected chi connectivity index (χ3v) is 5.50. The van der Waals surface area contributed by atoms with E-state index in [0.717, 1.165) is 25.7 Å². The summed E-state index contributed by atoms with van der Waals surface area (Å²) in [7, 11) is 0. The number of carboxylic acids is 1. The second kappa shape index (κ2) is 8.37. The lowest BCUT2D eigenvalue weighted by Crippen LogP contribution is -2.39. The van der Waals surface area contributed by atoms with E-state index in [1.807, 2.05) is 4.90 Å². The summed E-state index contributed by atoms with van der Waals surface area (Å²) in [5.41, 5.74) is 3.45. The van der Waals surface area contributed by atoms with Crippen LogP contribution in [0.1, 0.15) is 59.4 Å². The molecule has 1 aromatic heterocycles. The van der Waals surface area contributed by atoms with Gasteiger partial charge in [-0.15, -0.1) is 0 Å². The van der Waals surface area contributed by atoms with E-state index in [1.165, 1.54) is 17.3 Å². The fraction of sp³-hybridized carbons (Fsp3) is 0.476. The number of aromatic carboxylic acids is 1. The fourth-order valence-corrected chi connectivity index (χ4v) is 3.71. The molecule has 0 bridgehead atoms. The lowest BCUT2D eigenvalue weighted by Gasteiger charge is -2.32. The molecule has 1 amide bonds. The molecule has 0 unspecified atom stereocenters. The third kappa shape index (κ3) is 4.38. The zero-order valence-corrected chi connectivity index (χ0v) is 16.0. The van der Waals surface area contributed by atoms with Crippen molar-refractivity contribution in [2.45, 2.75) is 52.0 Å². The van der Waals surface area contributed by atoms with Gasteiger partial charge in [0.2, 0.25) is 5.91 Å². The van der Waals surface area contributed by atoms with Crippen LogP contribution in [-0.4, -0.2) is 44.8 Å². The number of aryl methyl sites for hydroxylation is 2. The number of hydrogen-bond donors (Lipinski definition) is 1. The first-order valence-electron chi connectivity index (χ1n) is 9.62. The van der Waals surface area contributed by atoms with Crippen molar-refractivity contribution in [2.24, 2.45) is 0 Å². The Bertz CT molecular complexity index is 803. The van der Waals surface area contributed by atoms with Crippen molar-refractivity contribution < 1.29 is 14.7 Å². The minimum Gasteiger partial charge on any atom is -0.478 e. The van der Waals surface area contributed by atoms with Gasteiger partial charge in [-0.05, 0) is 43.7 Å². The Morgan fingerprint density at radius 2 is 1.78 bits per heavy atom. The van der Waals surface area contributed by atoms with Crippen LogP contribution in [0.15, 0.2) is 30.5 Å².